The van der Waals surface area contributed by atoms with E-state index >= 15 is 0 Å². The average Bonchev–Trinajstić information content (AvgIpc) is 3.23. The van der Waals surface area contributed by atoms with E-state index in [0.717, 1.165) is 12.8 Å². The molecule has 1 fully saturated rings. The first-order valence-electron chi connectivity index (χ1n) is 7.08. The van der Waals surface area contributed by atoms with Crippen molar-refractivity contribution in [3.8, 4) is 0 Å². The van der Waals surface area contributed by atoms with Gasteiger partial charge in [0.05, 0.1) is 5.56 Å². The highest BCUT2D eigenvalue weighted by Gasteiger charge is 2.37. The molecule has 4 heteroatoms. The summed E-state index contributed by atoms with van der Waals surface area (Å²) in [6.07, 6.45) is 2.09. The van der Waals surface area contributed by atoms with Crippen molar-refractivity contribution in [2.75, 3.05) is 0 Å². The lowest BCUT2D eigenvalue weighted by molar-refractivity contribution is 0.0628. The Bertz CT molecular complexity index is 520. The van der Waals surface area contributed by atoms with E-state index in [4.69, 9.17) is 5.11 Å². The smallest absolute Gasteiger partial charge is 0.335 e. The van der Waals surface area contributed by atoms with Crippen LogP contribution in [0.5, 0.6) is 0 Å². The van der Waals surface area contributed by atoms with Gasteiger partial charge in [0.15, 0.2) is 0 Å². The third-order valence-electron chi connectivity index (χ3n) is 3.93. The largest absolute Gasteiger partial charge is 0.478 e. The van der Waals surface area contributed by atoms with Crippen LogP contribution in [0.4, 0.5) is 0 Å². The van der Waals surface area contributed by atoms with E-state index in [1.165, 1.54) is 12.1 Å². The molecule has 2 rings (SSSR count). The van der Waals surface area contributed by atoms with Crippen LogP contribution < -0.4 is 0 Å². The predicted molar refractivity (Wildman–Crippen MR) is 76.9 cm³/mol. The van der Waals surface area contributed by atoms with Crippen molar-refractivity contribution in [2.24, 2.45) is 5.92 Å². The molecule has 1 amide bonds. The van der Waals surface area contributed by atoms with Crippen LogP contribution >= 0.6 is 0 Å². The number of nitrogens with zero attached hydrogens (tertiary/aromatic N) is 1. The summed E-state index contributed by atoms with van der Waals surface area (Å²) in [6, 6.07) is 6.76. The maximum Gasteiger partial charge on any atom is 0.335 e. The van der Waals surface area contributed by atoms with Gasteiger partial charge in [-0.25, -0.2) is 4.79 Å². The molecule has 1 aliphatic carbocycles. The van der Waals surface area contributed by atoms with E-state index < -0.39 is 5.97 Å². The van der Waals surface area contributed by atoms with E-state index in [0.29, 0.717) is 17.5 Å². The molecule has 0 unspecified atom stereocenters. The summed E-state index contributed by atoms with van der Waals surface area (Å²) in [7, 11) is 0. The Balaban J connectivity index is 2.28. The van der Waals surface area contributed by atoms with Gasteiger partial charge < -0.3 is 10.0 Å². The van der Waals surface area contributed by atoms with Gasteiger partial charge in [-0.1, -0.05) is 19.9 Å². The Labute approximate surface area is 119 Å². The van der Waals surface area contributed by atoms with Gasteiger partial charge in [-0.15, -0.1) is 0 Å². The maximum atomic E-state index is 12.7. The lowest BCUT2D eigenvalue weighted by Crippen LogP contribution is -2.43. The standard InChI is InChI=1S/C16H21NO3/c1-10(2)11(3)17(14-7-8-14)15(18)12-5-4-6-13(9-12)16(19)20/h4-6,9-11,14H,7-8H2,1-3H3,(H,19,20)/t11-/m0/s1. The second-order valence-corrected chi connectivity index (χ2v) is 5.81. The summed E-state index contributed by atoms with van der Waals surface area (Å²) in [5, 5.41) is 9.02. The van der Waals surface area contributed by atoms with Crippen LogP contribution in [-0.4, -0.2) is 34.0 Å². The highest BCUT2D eigenvalue weighted by molar-refractivity contribution is 5.97. The van der Waals surface area contributed by atoms with E-state index in [-0.39, 0.29) is 17.5 Å². The zero-order valence-corrected chi connectivity index (χ0v) is 12.2. The second-order valence-electron chi connectivity index (χ2n) is 5.81. The number of rotatable bonds is 5. The molecule has 1 atom stereocenters. The third kappa shape index (κ3) is 3.00. The molecule has 0 aromatic heterocycles. The Morgan fingerprint density at radius 2 is 1.80 bits per heavy atom. The minimum atomic E-state index is -1.01. The monoisotopic (exact) mass is 275 g/mol. The highest BCUT2D eigenvalue weighted by Crippen LogP contribution is 2.32. The van der Waals surface area contributed by atoms with Gasteiger partial charge in [-0.3, -0.25) is 4.79 Å². The quantitative estimate of drug-likeness (QED) is 0.898. The van der Waals surface area contributed by atoms with E-state index in [1.54, 1.807) is 12.1 Å². The molecule has 1 aromatic rings. The third-order valence-corrected chi connectivity index (χ3v) is 3.93. The number of hydrogen-bond acceptors (Lipinski definition) is 2. The van der Waals surface area contributed by atoms with E-state index in [1.807, 2.05) is 4.90 Å². The Hall–Kier alpha value is -1.84. The number of carboxylic acid groups (broad SMARTS) is 1. The molecular formula is C16H21NO3. The van der Waals surface area contributed by atoms with Crippen LogP contribution in [0.3, 0.4) is 0 Å². The Morgan fingerprint density at radius 3 is 2.30 bits per heavy atom. The zero-order valence-electron chi connectivity index (χ0n) is 12.2. The Kier molecular flexibility index (Phi) is 4.12. The minimum absolute atomic E-state index is 0.0585. The summed E-state index contributed by atoms with van der Waals surface area (Å²) in [5.41, 5.74) is 0.619. The molecule has 0 saturated heterocycles. The van der Waals surface area contributed by atoms with Crippen LogP contribution in [-0.2, 0) is 0 Å². The highest BCUT2D eigenvalue weighted by atomic mass is 16.4. The fourth-order valence-electron chi connectivity index (χ4n) is 2.29. The molecule has 1 aliphatic rings. The number of amides is 1. The summed E-state index contributed by atoms with van der Waals surface area (Å²) in [6.45, 7) is 6.25. The number of carboxylic acids is 1. The van der Waals surface area contributed by atoms with Gasteiger partial charge in [0.2, 0.25) is 0 Å². The SMILES string of the molecule is CC(C)[C@H](C)N(C(=O)c1cccc(C(=O)O)c1)C1CC1. The molecule has 1 N–H and O–H groups in total. The Morgan fingerprint density at radius 1 is 1.20 bits per heavy atom. The lowest BCUT2D eigenvalue weighted by Gasteiger charge is -2.32. The number of aromatic carboxylic acids is 1. The molecule has 20 heavy (non-hydrogen) atoms. The van der Waals surface area contributed by atoms with Gasteiger partial charge >= 0.3 is 5.97 Å². The van der Waals surface area contributed by atoms with E-state index in [2.05, 4.69) is 20.8 Å². The predicted octanol–water partition coefficient (Wildman–Crippen LogP) is 3.03. The van der Waals surface area contributed by atoms with Gasteiger partial charge in [0.1, 0.15) is 0 Å². The number of hydrogen-bond donors (Lipinski definition) is 1. The zero-order chi connectivity index (χ0) is 14.9. The number of benzene rings is 1. The summed E-state index contributed by atoms with van der Waals surface area (Å²) in [4.78, 5) is 25.6. The van der Waals surface area contributed by atoms with Gasteiger partial charge in [0, 0.05) is 17.6 Å². The van der Waals surface area contributed by atoms with Gasteiger partial charge in [-0.2, -0.15) is 0 Å². The van der Waals surface area contributed by atoms with Crippen molar-refractivity contribution in [1.82, 2.24) is 4.90 Å². The molecule has 0 heterocycles. The topological polar surface area (TPSA) is 57.6 Å². The van der Waals surface area contributed by atoms with Crippen molar-refractivity contribution < 1.29 is 14.7 Å². The number of carbonyl (C=O) groups excluding carboxylic acids is 1. The van der Waals surface area contributed by atoms with Crippen molar-refractivity contribution in [2.45, 2.75) is 45.7 Å². The molecule has 1 aromatic carbocycles. The van der Waals surface area contributed by atoms with Crippen molar-refractivity contribution in [3.05, 3.63) is 35.4 Å². The first-order chi connectivity index (χ1) is 9.41. The molecule has 0 bridgehead atoms. The van der Waals surface area contributed by atoms with Crippen LogP contribution in [0.25, 0.3) is 0 Å². The molecule has 0 radical (unpaired) electrons. The molecule has 4 nitrogen and oxygen atoms in total. The second kappa shape index (κ2) is 5.65. The molecule has 108 valence electrons. The lowest BCUT2D eigenvalue weighted by atomic mass is 10.0. The first kappa shape index (κ1) is 14.6. The maximum absolute atomic E-state index is 12.7. The molecule has 0 spiro atoms. The number of carbonyl (C=O) groups is 2. The fourth-order valence-corrected chi connectivity index (χ4v) is 2.29. The first-order valence-corrected chi connectivity index (χ1v) is 7.08. The molecular weight excluding hydrogens is 254 g/mol. The summed E-state index contributed by atoms with van der Waals surface area (Å²) < 4.78 is 0. The van der Waals surface area contributed by atoms with E-state index in [9.17, 15) is 9.59 Å². The van der Waals surface area contributed by atoms with Gasteiger partial charge in [-0.05, 0) is 43.9 Å². The normalized spacial score (nSPS) is 16.0. The average molecular weight is 275 g/mol. The minimum Gasteiger partial charge on any atom is -0.478 e. The summed E-state index contributed by atoms with van der Waals surface area (Å²) in [5.74, 6) is -0.687. The van der Waals surface area contributed by atoms with Crippen LogP contribution in [0.1, 0.15) is 54.3 Å². The molecule has 0 aliphatic heterocycles. The fraction of sp³-hybridized carbons (Fsp3) is 0.500. The van der Waals surface area contributed by atoms with Crippen molar-refractivity contribution in [3.63, 3.8) is 0 Å². The summed E-state index contributed by atoms with van der Waals surface area (Å²) >= 11 is 0. The van der Waals surface area contributed by atoms with Crippen molar-refractivity contribution in [1.29, 1.82) is 0 Å². The van der Waals surface area contributed by atoms with Crippen LogP contribution in [0.15, 0.2) is 24.3 Å². The van der Waals surface area contributed by atoms with Crippen LogP contribution in [0, 0.1) is 5.92 Å². The molecule has 1 saturated carbocycles. The van der Waals surface area contributed by atoms with Gasteiger partial charge in [0.25, 0.3) is 5.91 Å². The van der Waals surface area contributed by atoms with Crippen LogP contribution in [0.2, 0.25) is 0 Å². The van der Waals surface area contributed by atoms with Crippen molar-refractivity contribution >= 4 is 11.9 Å².